The van der Waals surface area contributed by atoms with Gasteiger partial charge in [0.2, 0.25) is 0 Å². The molecule has 0 unspecified atom stereocenters. The standard InChI is InChI=1S/C13H14N2O/c1-9-4-12(7-16)13(5-10(9)2)15-6-11(3)14-8-15/h4-8H,1-3H3. The number of nitrogens with zero attached hydrogens (tertiary/aromatic N) is 2. The molecule has 0 radical (unpaired) electrons. The number of aromatic nitrogens is 2. The SMILES string of the molecule is Cc1cn(-c2cc(C)c(C)cc2C=O)cn1. The maximum Gasteiger partial charge on any atom is 0.152 e. The molecular weight excluding hydrogens is 200 g/mol. The zero-order valence-corrected chi connectivity index (χ0v) is 9.69. The highest BCUT2D eigenvalue weighted by Gasteiger charge is 2.06. The Balaban J connectivity index is 2.63. The van der Waals surface area contributed by atoms with Crippen LogP contribution in [0.5, 0.6) is 0 Å². The van der Waals surface area contributed by atoms with Gasteiger partial charge in [-0.15, -0.1) is 0 Å². The first-order valence-electron chi connectivity index (χ1n) is 5.19. The summed E-state index contributed by atoms with van der Waals surface area (Å²) in [5.74, 6) is 0. The van der Waals surface area contributed by atoms with E-state index in [2.05, 4.69) is 4.98 Å². The number of rotatable bonds is 2. The molecule has 3 nitrogen and oxygen atoms in total. The predicted octanol–water partition coefficient (Wildman–Crippen LogP) is 2.61. The van der Waals surface area contributed by atoms with Crippen molar-refractivity contribution in [1.29, 1.82) is 0 Å². The molecule has 0 aliphatic carbocycles. The molecule has 0 fully saturated rings. The fourth-order valence-electron chi connectivity index (χ4n) is 1.69. The highest BCUT2D eigenvalue weighted by molar-refractivity contribution is 5.81. The maximum atomic E-state index is 11.0. The van der Waals surface area contributed by atoms with E-state index in [4.69, 9.17) is 0 Å². The van der Waals surface area contributed by atoms with Crippen LogP contribution in [0, 0.1) is 20.8 Å². The van der Waals surface area contributed by atoms with Crippen molar-refractivity contribution in [2.75, 3.05) is 0 Å². The van der Waals surface area contributed by atoms with Crippen molar-refractivity contribution in [1.82, 2.24) is 9.55 Å². The molecule has 0 aliphatic rings. The largest absolute Gasteiger partial charge is 0.305 e. The highest BCUT2D eigenvalue weighted by atomic mass is 16.1. The molecule has 1 heterocycles. The van der Waals surface area contributed by atoms with E-state index in [0.717, 1.165) is 23.2 Å². The molecule has 2 aromatic rings. The Morgan fingerprint density at radius 1 is 1.19 bits per heavy atom. The normalized spacial score (nSPS) is 10.4. The quantitative estimate of drug-likeness (QED) is 0.720. The van der Waals surface area contributed by atoms with Gasteiger partial charge in [0.1, 0.15) is 0 Å². The first-order chi connectivity index (χ1) is 7.61. The number of aryl methyl sites for hydroxylation is 3. The van der Waals surface area contributed by atoms with E-state index in [1.807, 2.05) is 43.7 Å². The Labute approximate surface area is 94.7 Å². The number of aldehydes is 1. The smallest absolute Gasteiger partial charge is 0.152 e. The fraction of sp³-hybridized carbons (Fsp3) is 0.231. The molecule has 0 bridgehead atoms. The van der Waals surface area contributed by atoms with E-state index in [-0.39, 0.29) is 0 Å². The number of carbonyl (C=O) groups is 1. The predicted molar refractivity (Wildman–Crippen MR) is 63.2 cm³/mol. The summed E-state index contributed by atoms with van der Waals surface area (Å²) in [5, 5.41) is 0. The zero-order chi connectivity index (χ0) is 11.7. The molecule has 2 rings (SSSR count). The van der Waals surface area contributed by atoms with Gasteiger partial charge in [0.15, 0.2) is 6.29 Å². The highest BCUT2D eigenvalue weighted by Crippen LogP contribution is 2.18. The minimum absolute atomic E-state index is 0.695. The van der Waals surface area contributed by atoms with Gasteiger partial charge in [0.25, 0.3) is 0 Å². The van der Waals surface area contributed by atoms with Crippen molar-refractivity contribution in [3.63, 3.8) is 0 Å². The lowest BCUT2D eigenvalue weighted by molar-refractivity contribution is 0.112. The molecule has 1 aromatic heterocycles. The van der Waals surface area contributed by atoms with Crippen molar-refractivity contribution in [3.8, 4) is 5.69 Å². The van der Waals surface area contributed by atoms with Crippen LogP contribution in [-0.2, 0) is 0 Å². The van der Waals surface area contributed by atoms with Crippen molar-refractivity contribution in [3.05, 3.63) is 47.0 Å². The van der Waals surface area contributed by atoms with Gasteiger partial charge in [0.05, 0.1) is 17.7 Å². The summed E-state index contributed by atoms with van der Waals surface area (Å²) in [4.78, 5) is 15.2. The lowest BCUT2D eigenvalue weighted by Crippen LogP contribution is -1.98. The second-order valence-electron chi connectivity index (χ2n) is 4.04. The van der Waals surface area contributed by atoms with Crippen LogP contribution in [0.15, 0.2) is 24.7 Å². The topological polar surface area (TPSA) is 34.9 Å². The Hall–Kier alpha value is -1.90. The lowest BCUT2D eigenvalue weighted by Gasteiger charge is -2.09. The summed E-state index contributed by atoms with van der Waals surface area (Å²) in [7, 11) is 0. The van der Waals surface area contributed by atoms with Gasteiger partial charge in [-0.2, -0.15) is 0 Å². The summed E-state index contributed by atoms with van der Waals surface area (Å²) in [6, 6.07) is 3.92. The molecule has 1 aromatic carbocycles. The van der Waals surface area contributed by atoms with Crippen LogP contribution >= 0.6 is 0 Å². The monoisotopic (exact) mass is 214 g/mol. The van der Waals surface area contributed by atoms with Crippen molar-refractivity contribution in [2.24, 2.45) is 0 Å². The number of hydrogen-bond donors (Lipinski definition) is 0. The summed E-state index contributed by atoms with van der Waals surface area (Å²) in [6.45, 7) is 5.97. The maximum absolute atomic E-state index is 11.0. The van der Waals surface area contributed by atoms with Gasteiger partial charge in [-0.3, -0.25) is 4.79 Å². The van der Waals surface area contributed by atoms with Gasteiger partial charge < -0.3 is 4.57 Å². The third kappa shape index (κ3) is 1.76. The van der Waals surface area contributed by atoms with E-state index in [9.17, 15) is 4.79 Å². The Kier molecular flexibility index (Phi) is 2.60. The van der Waals surface area contributed by atoms with E-state index in [1.165, 1.54) is 5.56 Å². The molecule has 3 heteroatoms. The van der Waals surface area contributed by atoms with Crippen molar-refractivity contribution < 1.29 is 4.79 Å². The zero-order valence-electron chi connectivity index (χ0n) is 9.69. The third-order valence-electron chi connectivity index (χ3n) is 2.76. The molecule has 0 saturated heterocycles. The van der Waals surface area contributed by atoms with Crippen LogP contribution in [0.25, 0.3) is 5.69 Å². The number of carbonyl (C=O) groups excluding carboxylic acids is 1. The molecule has 82 valence electrons. The summed E-state index contributed by atoms with van der Waals surface area (Å²) in [5.41, 5.74) is 4.82. The van der Waals surface area contributed by atoms with Gasteiger partial charge in [0, 0.05) is 11.8 Å². The van der Waals surface area contributed by atoms with E-state index in [1.54, 1.807) is 6.33 Å². The van der Waals surface area contributed by atoms with Crippen molar-refractivity contribution in [2.45, 2.75) is 20.8 Å². The van der Waals surface area contributed by atoms with E-state index in [0.29, 0.717) is 5.56 Å². The molecule has 0 spiro atoms. The summed E-state index contributed by atoms with van der Waals surface area (Å²) >= 11 is 0. The fourth-order valence-corrected chi connectivity index (χ4v) is 1.69. The number of hydrogen-bond acceptors (Lipinski definition) is 2. The first-order valence-corrected chi connectivity index (χ1v) is 5.19. The number of imidazole rings is 1. The molecule has 0 atom stereocenters. The summed E-state index contributed by atoms with van der Waals surface area (Å²) in [6.07, 6.45) is 4.53. The van der Waals surface area contributed by atoms with Gasteiger partial charge in [-0.25, -0.2) is 4.98 Å². The molecule has 0 aliphatic heterocycles. The van der Waals surface area contributed by atoms with Gasteiger partial charge in [-0.05, 0) is 44.0 Å². The Morgan fingerprint density at radius 2 is 1.88 bits per heavy atom. The number of benzene rings is 1. The van der Waals surface area contributed by atoms with Gasteiger partial charge >= 0.3 is 0 Å². The first kappa shape index (κ1) is 10.6. The molecule has 0 amide bonds. The molecule has 0 saturated carbocycles. The minimum Gasteiger partial charge on any atom is -0.305 e. The molecular formula is C13H14N2O. The van der Waals surface area contributed by atoms with E-state index >= 15 is 0 Å². The Morgan fingerprint density at radius 3 is 2.44 bits per heavy atom. The minimum atomic E-state index is 0.695. The van der Waals surface area contributed by atoms with Crippen LogP contribution in [0.1, 0.15) is 27.2 Å². The van der Waals surface area contributed by atoms with Crippen LogP contribution in [0.4, 0.5) is 0 Å². The molecule has 0 N–H and O–H groups in total. The van der Waals surface area contributed by atoms with Gasteiger partial charge in [-0.1, -0.05) is 0 Å². The second kappa shape index (κ2) is 3.93. The Bertz CT molecular complexity index is 541. The van der Waals surface area contributed by atoms with Crippen molar-refractivity contribution >= 4 is 6.29 Å². The van der Waals surface area contributed by atoms with Crippen LogP contribution in [0.3, 0.4) is 0 Å². The van der Waals surface area contributed by atoms with E-state index < -0.39 is 0 Å². The average Bonchev–Trinajstić information content (AvgIpc) is 2.68. The van der Waals surface area contributed by atoms with Crippen LogP contribution < -0.4 is 0 Å². The summed E-state index contributed by atoms with van der Waals surface area (Å²) < 4.78 is 1.88. The third-order valence-corrected chi connectivity index (χ3v) is 2.76. The lowest BCUT2D eigenvalue weighted by atomic mass is 10.0. The second-order valence-corrected chi connectivity index (χ2v) is 4.04. The average molecular weight is 214 g/mol. The van der Waals surface area contributed by atoms with Crippen LogP contribution in [0.2, 0.25) is 0 Å². The molecule has 16 heavy (non-hydrogen) atoms. The van der Waals surface area contributed by atoms with Crippen LogP contribution in [-0.4, -0.2) is 15.8 Å².